The number of rotatable bonds is 5. The van der Waals surface area contributed by atoms with E-state index in [1.807, 2.05) is 0 Å². The third-order valence-corrected chi connectivity index (χ3v) is 3.12. The van der Waals surface area contributed by atoms with Gasteiger partial charge in [-0.25, -0.2) is 0 Å². The minimum atomic E-state index is -0.395. The van der Waals surface area contributed by atoms with Crippen molar-refractivity contribution in [3.8, 4) is 0 Å². The Labute approximate surface area is 132 Å². The third-order valence-electron chi connectivity index (χ3n) is 2.58. The number of nitrogens with one attached hydrogen (secondary N) is 2. The van der Waals surface area contributed by atoms with Crippen LogP contribution in [-0.2, 0) is 4.79 Å². The van der Waals surface area contributed by atoms with Crippen molar-refractivity contribution in [3.63, 3.8) is 0 Å². The number of carbonyl (C=O) groups excluding carboxylic acids is 2. The molecule has 0 atom stereocenters. The smallest absolute Gasteiger partial charge is 0.291 e. The van der Waals surface area contributed by atoms with Crippen molar-refractivity contribution in [2.75, 3.05) is 16.4 Å². The van der Waals surface area contributed by atoms with Gasteiger partial charge in [-0.15, -0.1) is 0 Å². The van der Waals surface area contributed by atoms with E-state index in [1.54, 1.807) is 30.3 Å². The monoisotopic (exact) mass is 324 g/mol. The number of hydrogen-bond acceptors (Lipinski definition) is 4. The maximum Gasteiger partial charge on any atom is 0.291 e. The van der Waals surface area contributed by atoms with Gasteiger partial charge in [0.25, 0.3) is 5.91 Å². The van der Waals surface area contributed by atoms with Gasteiger partial charge < -0.3 is 15.1 Å². The molecule has 2 amide bonds. The van der Waals surface area contributed by atoms with E-state index in [1.165, 1.54) is 6.26 Å². The second-order valence-corrected chi connectivity index (χ2v) is 5.00. The summed E-state index contributed by atoms with van der Waals surface area (Å²) in [5.74, 6) is 0.121. The summed E-state index contributed by atoms with van der Waals surface area (Å²) in [6.45, 7) is 0. The van der Waals surface area contributed by atoms with Gasteiger partial charge in [0.05, 0.1) is 17.0 Å². The van der Waals surface area contributed by atoms with E-state index in [0.717, 1.165) is 0 Å². The highest BCUT2D eigenvalue weighted by atomic mass is 35.5. The van der Waals surface area contributed by atoms with Crippen LogP contribution < -0.4 is 10.6 Å². The Morgan fingerprint density at radius 3 is 2.67 bits per heavy atom. The summed E-state index contributed by atoms with van der Waals surface area (Å²) >= 11 is 10.1. The Morgan fingerprint density at radius 2 is 2.05 bits per heavy atom. The number of benzene rings is 1. The Hall–Kier alpha value is -1.92. The third kappa shape index (κ3) is 4.27. The molecule has 0 aliphatic heterocycles. The summed E-state index contributed by atoms with van der Waals surface area (Å²) in [5, 5.41) is 5.64. The van der Waals surface area contributed by atoms with Gasteiger partial charge in [-0.3, -0.25) is 9.59 Å². The number of hydrogen-bond donors (Lipinski definition) is 3. The highest BCUT2D eigenvalue weighted by Gasteiger charge is 2.11. The predicted octanol–water partition coefficient (Wildman–Crippen LogP) is 3.44. The summed E-state index contributed by atoms with van der Waals surface area (Å²) in [6.07, 6.45) is 1.73. The molecule has 0 radical (unpaired) electrons. The van der Waals surface area contributed by atoms with Crippen LogP contribution in [0.3, 0.4) is 0 Å². The lowest BCUT2D eigenvalue weighted by Crippen LogP contribution is -2.13. The van der Waals surface area contributed by atoms with Crippen LogP contribution in [0.5, 0.6) is 0 Å². The largest absolute Gasteiger partial charge is 0.459 e. The van der Waals surface area contributed by atoms with Gasteiger partial charge in [-0.1, -0.05) is 11.6 Å². The van der Waals surface area contributed by atoms with E-state index in [0.29, 0.717) is 28.6 Å². The number of thiol groups is 1. The predicted molar refractivity (Wildman–Crippen MR) is 85.2 cm³/mol. The van der Waals surface area contributed by atoms with Crippen LogP contribution in [0.2, 0.25) is 5.02 Å². The molecular formula is C14H13ClN2O3S. The van der Waals surface area contributed by atoms with Crippen LogP contribution in [0.4, 0.5) is 11.4 Å². The molecule has 0 saturated carbocycles. The molecule has 0 spiro atoms. The SMILES string of the molecule is O=C(CCS)Nc1ccc(NC(=O)c2ccco2)c(Cl)c1. The molecule has 1 aromatic heterocycles. The second-order valence-electron chi connectivity index (χ2n) is 4.15. The average molecular weight is 325 g/mol. The van der Waals surface area contributed by atoms with Gasteiger partial charge in [-0.05, 0) is 36.1 Å². The lowest BCUT2D eigenvalue weighted by Gasteiger charge is -2.09. The summed E-state index contributed by atoms with van der Waals surface area (Å²) in [6, 6.07) is 8.00. The van der Waals surface area contributed by atoms with Crippen molar-refractivity contribution >= 4 is 47.4 Å². The second kappa shape index (κ2) is 7.19. The maximum atomic E-state index is 11.8. The summed E-state index contributed by atoms with van der Waals surface area (Å²) in [5.41, 5.74) is 0.994. The molecule has 5 nitrogen and oxygen atoms in total. The normalized spacial score (nSPS) is 10.2. The van der Waals surface area contributed by atoms with E-state index in [-0.39, 0.29) is 11.7 Å². The molecule has 0 bridgehead atoms. The van der Waals surface area contributed by atoms with Gasteiger partial charge >= 0.3 is 0 Å². The van der Waals surface area contributed by atoms with Gasteiger partial charge in [0, 0.05) is 12.1 Å². The minimum absolute atomic E-state index is 0.145. The quantitative estimate of drug-likeness (QED) is 0.738. The van der Waals surface area contributed by atoms with Crippen LogP contribution in [0, 0.1) is 0 Å². The van der Waals surface area contributed by atoms with Crippen molar-refractivity contribution in [3.05, 3.63) is 47.4 Å². The topological polar surface area (TPSA) is 71.3 Å². The van der Waals surface area contributed by atoms with Crippen molar-refractivity contribution < 1.29 is 14.0 Å². The summed E-state index contributed by atoms with van der Waals surface area (Å²) in [4.78, 5) is 23.3. The van der Waals surface area contributed by atoms with Crippen LogP contribution in [-0.4, -0.2) is 17.6 Å². The van der Waals surface area contributed by atoms with Gasteiger partial charge in [0.2, 0.25) is 5.91 Å². The first-order valence-electron chi connectivity index (χ1n) is 6.15. The molecular weight excluding hydrogens is 312 g/mol. The van der Waals surface area contributed by atoms with E-state index < -0.39 is 5.91 Å². The van der Waals surface area contributed by atoms with Crippen LogP contribution >= 0.6 is 24.2 Å². The fourth-order valence-corrected chi connectivity index (χ4v) is 2.04. The van der Waals surface area contributed by atoms with Crippen LogP contribution in [0.25, 0.3) is 0 Å². The number of halogens is 1. The number of anilines is 2. The summed E-state index contributed by atoms with van der Waals surface area (Å²) in [7, 11) is 0. The molecule has 110 valence electrons. The first-order chi connectivity index (χ1) is 10.1. The first-order valence-corrected chi connectivity index (χ1v) is 7.16. The number of furan rings is 1. The van der Waals surface area contributed by atoms with Crippen molar-refractivity contribution in [1.29, 1.82) is 0 Å². The Balaban J connectivity index is 2.05. The minimum Gasteiger partial charge on any atom is -0.459 e. The Bertz CT molecular complexity index is 644. The van der Waals surface area contributed by atoms with E-state index in [4.69, 9.17) is 16.0 Å². The zero-order chi connectivity index (χ0) is 15.2. The highest BCUT2D eigenvalue weighted by molar-refractivity contribution is 7.80. The molecule has 1 aromatic carbocycles. The molecule has 2 rings (SSSR count). The first kappa shape index (κ1) is 15.5. The number of carbonyl (C=O) groups is 2. The molecule has 0 fully saturated rings. The van der Waals surface area contributed by atoms with Crippen LogP contribution in [0.15, 0.2) is 41.0 Å². The zero-order valence-electron chi connectivity index (χ0n) is 10.9. The fraction of sp³-hybridized carbons (Fsp3) is 0.143. The van der Waals surface area contributed by atoms with Gasteiger partial charge in [-0.2, -0.15) is 12.6 Å². The van der Waals surface area contributed by atoms with Crippen molar-refractivity contribution in [1.82, 2.24) is 0 Å². The van der Waals surface area contributed by atoms with Crippen molar-refractivity contribution in [2.45, 2.75) is 6.42 Å². The fourth-order valence-electron chi connectivity index (χ4n) is 1.61. The van der Waals surface area contributed by atoms with E-state index in [9.17, 15) is 9.59 Å². The molecule has 1 heterocycles. The zero-order valence-corrected chi connectivity index (χ0v) is 12.6. The maximum absolute atomic E-state index is 11.8. The van der Waals surface area contributed by atoms with Crippen LogP contribution in [0.1, 0.15) is 17.0 Å². The number of amides is 2. The average Bonchev–Trinajstić information content (AvgIpc) is 2.96. The lowest BCUT2D eigenvalue weighted by molar-refractivity contribution is -0.115. The van der Waals surface area contributed by atoms with E-state index >= 15 is 0 Å². The molecule has 0 aliphatic rings. The summed E-state index contributed by atoms with van der Waals surface area (Å²) < 4.78 is 4.99. The van der Waals surface area contributed by atoms with Crippen molar-refractivity contribution in [2.24, 2.45) is 0 Å². The molecule has 0 unspecified atom stereocenters. The molecule has 2 aromatic rings. The van der Waals surface area contributed by atoms with Gasteiger partial charge in [0.15, 0.2) is 5.76 Å². The molecule has 21 heavy (non-hydrogen) atoms. The highest BCUT2D eigenvalue weighted by Crippen LogP contribution is 2.26. The Morgan fingerprint density at radius 1 is 1.24 bits per heavy atom. The molecule has 0 aliphatic carbocycles. The molecule has 7 heteroatoms. The Kier molecular flexibility index (Phi) is 5.30. The molecule has 2 N–H and O–H groups in total. The molecule has 0 saturated heterocycles. The lowest BCUT2D eigenvalue weighted by atomic mass is 10.2. The standard InChI is InChI=1S/C14H13ClN2O3S/c15-10-8-9(16-13(18)5-7-21)3-4-11(10)17-14(19)12-2-1-6-20-12/h1-4,6,8,21H,5,7H2,(H,16,18)(H,17,19). The van der Waals surface area contributed by atoms with Gasteiger partial charge in [0.1, 0.15) is 0 Å². The van der Waals surface area contributed by atoms with E-state index in [2.05, 4.69) is 23.3 Å².